The second kappa shape index (κ2) is 5.18. The zero-order valence-corrected chi connectivity index (χ0v) is 13.0. The van der Waals surface area contributed by atoms with Crippen molar-refractivity contribution in [2.75, 3.05) is 0 Å². The van der Waals surface area contributed by atoms with Gasteiger partial charge >= 0.3 is 0 Å². The van der Waals surface area contributed by atoms with Crippen LogP contribution in [0.3, 0.4) is 0 Å². The van der Waals surface area contributed by atoms with Crippen molar-refractivity contribution >= 4 is 8.32 Å². The summed E-state index contributed by atoms with van der Waals surface area (Å²) in [6.45, 7) is 12.0. The Balaban J connectivity index is 2.87. The summed E-state index contributed by atoms with van der Waals surface area (Å²) in [5.74, 6) is 0. The number of aliphatic hydroxyl groups is 3. The molecule has 6 heteroatoms. The molecule has 1 aliphatic rings. The second-order valence-electron chi connectivity index (χ2n) is 6.56. The predicted octanol–water partition coefficient (Wildman–Crippen LogP) is 0.836. The van der Waals surface area contributed by atoms with E-state index in [0.717, 1.165) is 0 Å². The van der Waals surface area contributed by atoms with Gasteiger partial charge in [-0.2, -0.15) is 0 Å². The van der Waals surface area contributed by atoms with Gasteiger partial charge in [0.2, 0.25) is 0 Å². The molecule has 0 amide bonds. The molecular weight excluding hydrogens is 252 g/mol. The predicted molar refractivity (Wildman–Crippen MR) is 70.6 cm³/mol. The van der Waals surface area contributed by atoms with Crippen LogP contribution in [0.4, 0.5) is 0 Å². The van der Waals surface area contributed by atoms with E-state index in [4.69, 9.17) is 9.16 Å². The Morgan fingerprint density at radius 3 is 2.00 bits per heavy atom. The van der Waals surface area contributed by atoms with Gasteiger partial charge < -0.3 is 24.5 Å². The molecular formula is C12H26O5Si. The summed E-state index contributed by atoms with van der Waals surface area (Å²) in [5.41, 5.74) is 0. The number of hydrogen-bond donors (Lipinski definition) is 3. The maximum absolute atomic E-state index is 10.1. The molecule has 0 aromatic carbocycles. The topological polar surface area (TPSA) is 79.2 Å². The number of rotatable bonds is 2. The molecule has 0 saturated carbocycles. The highest BCUT2D eigenvalue weighted by Gasteiger charge is 2.48. The van der Waals surface area contributed by atoms with Crippen LogP contribution >= 0.6 is 0 Å². The molecule has 0 aromatic rings. The quantitative estimate of drug-likeness (QED) is 0.652. The first-order chi connectivity index (χ1) is 7.97. The van der Waals surface area contributed by atoms with Crippen molar-refractivity contribution in [1.29, 1.82) is 0 Å². The van der Waals surface area contributed by atoms with Gasteiger partial charge in [0.1, 0.15) is 18.3 Å². The van der Waals surface area contributed by atoms with Crippen molar-refractivity contribution in [2.45, 2.75) is 76.5 Å². The lowest BCUT2D eigenvalue weighted by Gasteiger charge is -2.46. The maximum Gasteiger partial charge on any atom is 0.192 e. The first kappa shape index (κ1) is 16.1. The molecule has 3 N–H and O–H groups in total. The van der Waals surface area contributed by atoms with Crippen molar-refractivity contribution < 1.29 is 24.5 Å². The maximum atomic E-state index is 10.1. The summed E-state index contributed by atoms with van der Waals surface area (Å²) in [6, 6.07) is 0. The number of hydrogen-bond acceptors (Lipinski definition) is 5. The second-order valence-corrected chi connectivity index (χ2v) is 11.3. The van der Waals surface area contributed by atoms with Gasteiger partial charge in [-0.05, 0) is 25.1 Å². The molecule has 1 fully saturated rings. The summed E-state index contributed by atoms with van der Waals surface area (Å²) in [5, 5.41) is 29.5. The van der Waals surface area contributed by atoms with Crippen LogP contribution in [-0.2, 0) is 9.16 Å². The lowest BCUT2D eigenvalue weighted by Crippen LogP contribution is -2.61. The first-order valence-corrected chi connectivity index (χ1v) is 9.25. The van der Waals surface area contributed by atoms with Crippen molar-refractivity contribution in [3.05, 3.63) is 0 Å². The minimum atomic E-state index is -2.12. The van der Waals surface area contributed by atoms with Crippen LogP contribution in [0.2, 0.25) is 18.1 Å². The smallest absolute Gasteiger partial charge is 0.192 e. The Labute approximate surface area is 110 Å². The largest absolute Gasteiger partial charge is 0.408 e. The highest BCUT2D eigenvalue weighted by Crippen LogP contribution is 2.39. The summed E-state index contributed by atoms with van der Waals surface area (Å²) in [7, 11) is -2.12. The van der Waals surface area contributed by atoms with Crippen LogP contribution in [0.15, 0.2) is 0 Å². The van der Waals surface area contributed by atoms with Crippen molar-refractivity contribution in [1.82, 2.24) is 0 Å². The third kappa shape index (κ3) is 3.12. The molecule has 0 radical (unpaired) electrons. The van der Waals surface area contributed by atoms with Crippen LogP contribution in [0.5, 0.6) is 0 Å². The van der Waals surface area contributed by atoms with Gasteiger partial charge in [-0.15, -0.1) is 0 Å². The van der Waals surface area contributed by atoms with E-state index >= 15 is 0 Å². The van der Waals surface area contributed by atoms with E-state index in [0.29, 0.717) is 0 Å². The summed E-state index contributed by atoms with van der Waals surface area (Å²) in [6.07, 6.45) is -4.82. The van der Waals surface area contributed by atoms with Gasteiger partial charge in [0.25, 0.3) is 0 Å². The molecule has 1 heterocycles. The van der Waals surface area contributed by atoms with Gasteiger partial charge in [0.05, 0.1) is 6.10 Å². The molecule has 5 atom stereocenters. The van der Waals surface area contributed by atoms with E-state index in [1.54, 1.807) is 6.92 Å². The average Bonchev–Trinajstić information content (AvgIpc) is 2.20. The molecule has 1 rings (SSSR count). The summed E-state index contributed by atoms with van der Waals surface area (Å²) < 4.78 is 11.0. The van der Waals surface area contributed by atoms with Crippen LogP contribution in [0, 0.1) is 0 Å². The highest BCUT2D eigenvalue weighted by atomic mass is 28.4. The number of aliphatic hydroxyl groups excluding tert-OH is 3. The Hall–Kier alpha value is 0.0169. The van der Waals surface area contributed by atoms with E-state index in [-0.39, 0.29) is 5.04 Å². The Kier molecular flexibility index (Phi) is 4.63. The molecule has 0 aliphatic carbocycles. The fourth-order valence-electron chi connectivity index (χ4n) is 1.67. The zero-order chi connectivity index (χ0) is 14.3. The molecule has 5 nitrogen and oxygen atoms in total. The monoisotopic (exact) mass is 278 g/mol. The van der Waals surface area contributed by atoms with Crippen molar-refractivity contribution in [2.24, 2.45) is 0 Å². The van der Waals surface area contributed by atoms with E-state index < -0.39 is 39.0 Å². The van der Waals surface area contributed by atoms with Crippen LogP contribution in [0.1, 0.15) is 27.7 Å². The molecule has 18 heavy (non-hydrogen) atoms. The standard InChI is InChI=1S/C12H26O5Si/c1-7-8(13)10(9(14)11(15)16-7)17-18(5,6)12(2,3)4/h7-11,13-15H,1-6H3/t7-,8+,9-,10+,11+/m0/s1. The van der Waals surface area contributed by atoms with Crippen LogP contribution < -0.4 is 0 Å². The van der Waals surface area contributed by atoms with E-state index in [2.05, 4.69) is 20.8 Å². The van der Waals surface area contributed by atoms with E-state index in [9.17, 15) is 15.3 Å². The Morgan fingerprint density at radius 1 is 1.06 bits per heavy atom. The SMILES string of the molecule is C[C@@H]1O[C@@H](O)[C@@H](O)[C@H](O[Si](C)(C)C(C)(C)C)[C@@H]1O. The van der Waals surface area contributed by atoms with E-state index in [1.165, 1.54) is 0 Å². The first-order valence-electron chi connectivity index (χ1n) is 6.35. The number of ether oxygens (including phenoxy) is 1. The minimum Gasteiger partial charge on any atom is -0.408 e. The fraction of sp³-hybridized carbons (Fsp3) is 1.00. The highest BCUT2D eigenvalue weighted by molar-refractivity contribution is 6.74. The van der Waals surface area contributed by atoms with E-state index in [1.807, 2.05) is 13.1 Å². The average molecular weight is 278 g/mol. The fourth-order valence-corrected chi connectivity index (χ4v) is 2.98. The van der Waals surface area contributed by atoms with Crippen LogP contribution in [-0.4, -0.2) is 54.3 Å². The summed E-state index contributed by atoms with van der Waals surface area (Å²) in [4.78, 5) is 0. The van der Waals surface area contributed by atoms with Crippen LogP contribution in [0.25, 0.3) is 0 Å². The minimum absolute atomic E-state index is 0.0288. The van der Waals surface area contributed by atoms with Gasteiger partial charge in [-0.3, -0.25) is 0 Å². The van der Waals surface area contributed by atoms with Crippen molar-refractivity contribution in [3.63, 3.8) is 0 Å². The van der Waals surface area contributed by atoms with Gasteiger partial charge in [-0.25, -0.2) is 0 Å². The summed E-state index contributed by atoms with van der Waals surface area (Å²) >= 11 is 0. The molecule has 0 spiro atoms. The van der Waals surface area contributed by atoms with Gasteiger partial charge in [0.15, 0.2) is 14.6 Å². The van der Waals surface area contributed by atoms with Gasteiger partial charge in [-0.1, -0.05) is 20.8 Å². The molecule has 1 aliphatic heterocycles. The molecule has 0 aromatic heterocycles. The molecule has 0 bridgehead atoms. The molecule has 1 saturated heterocycles. The van der Waals surface area contributed by atoms with Crippen molar-refractivity contribution in [3.8, 4) is 0 Å². The van der Waals surface area contributed by atoms with Gasteiger partial charge in [0, 0.05) is 0 Å². The lowest BCUT2D eigenvalue weighted by molar-refractivity contribution is -0.274. The molecule has 0 unspecified atom stereocenters. The molecule has 108 valence electrons. The Morgan fingerprint density at radius 2 is 1.56 bits per heavy atom. The third-order valence-electron chi connectivity index (χ3n) is 4.04. The Bertz CT molecular complexity index is 275. The zero-order valence-electron chi connectivity index (χ0n) is 12.0. The third-order valence-corrected chi connectivity index (χ3v) is 8.51. The normalized spacial score (nSPS) is 38.8. The lowest BCUT2D eigenvalue weighted by atomic mass is 10.0.